The van der Waals surface area contributed by atoms with E-state index in [0.29, 0.717) is 13.1 Å². The van der Waals surface area contributed by atoms with Crippen LogP contribution >= 0.6 is 9.24 Å². The molecule has 0 saturated carbocycles. The summed E-state index contributed by atoms with van der Waals surface area (Å²) >= 11 is 0. The maximum atomic E-state index is 11.4. The van der Waals surface area contributed by atoms with Gasteiger partial charge >= 0.3 is 0 Å². The Morgan fingerprint density at radius 1 is 1.17 bits per heavy atom. The molecule has 1 unspecified atom stereocenters. The van der Waals surface area contributed by atoms with Crippen LogP contribution in [0.25, 0.3) is 0 Å². The van der Waals surface area contributed by atoms with Crippen molar-refractivity contribution in [2.75, 3.05) is 25.4 Å². The molecular weight excluding hydrogens is 267 g/mol. The predicted octanol–water partition coefficient (Wildman–Crippen LogP) is 0.797. The summed E-state index contributed by atoms with van der Waals surface area (Å²) in [6, 6.07) is 8.47. The minimum absolute atomic E-state index is 0.191. The predicted molar refractivity (Wildman–Crippen MR) is 76.9 cm³/mol. The maximum Gasteiger partial charge on any atom is 0.212 e. The maximum absolute atomic E-state index is 11.4. The lowest BCUT2D eigenvalue weighted by molar-refractivity contribution is 0.292. The van der Waals surface area contributed by atoms with E-state index in [0.717, 1.165) is 19.3 Å². The first-order chi connectivity index (χ1) is 8.59. The fourth-order valence-electron chi connectivity index (χ4n) is 1.99. The molecule has 1 atom stereocenters. The molecule has 1 aromatic rings. The number of hydrogen-bond acceptors (Lipinski definition) is 3. The summed E-state index contributed by atoms with van der Waals surface area (Å²) in [5.41, 5.74) is 2.53. The Balaban J connectivity index is 1.96. The molecule has 0 spiro atoms. The summed E-state index contributed by atoms with van der Waals surface area (Å²) in [4.78, 5) is 2.17. The molecule has 1 aliphatic rings. The molecular formula is C12H19N2O2PS. The third-order valence-electron chi connectivity index (χ3n) is 3.09. The Morgan fingerprint density at radius 2 is 1.83 bits per heavy atom. The van der Waals surface area contributed by atoms with Gasteiger partial charge in [0.15, 0.2) is 0 Å². The molecule has 100 valence electrons. The smallest absolute Gasteiger partial charge is 0.212 e. The van der Waals surface area contributed by atoms with Crippen LogP contribution in [0.5, 0.6) is 0 Å². The Kier molecular flexibility index (Phi) is 4.73. The highest BCUT2D eigenvalue weighted by atomic mass is 32.2. The van der Waals surface area contributed by atoms with E-state index < -0.39 is 10.0 Å². The monoisotopic (exact) mass is 286 g/mol. The molecule has 0 aromatic heterocycles. The zero-order chi connectivity index (χ0) is 13.0. The van der Waals surface area contributed by atoms with Gasteiger partial charge in [-0.1, -0.05) is 24.3 Å². The van der Waals surface area contributed by atoms with Crippen molar-refractivity contribution in [3.05, 3.63) is 35.4 Å². The summed E-state index contributed by atoms with van der Waals surface area (Å²) in [6.45, 7) is 2.69. The Labute approximate surface area is 111 Å². The van der Waals surface area contributed by atoms with Crippen LogP contribution in [0.4, 0.5) is 0 Å². The van der Waals surface area contributed by atoms with Gasteiger partial charge in [-0.25, -0.2) is 13.1 Å². The van der Waals surface area contributed by atoms with Crippen molar-refractivity contribution in [3.63, 3.8) is 0 Å². The summed E-state index contributed by atoms with van der Waals surface area (Å²) in [5.74, 6) is 0.191. The van der Waals surface area contributed by atoms with Crippen LogP contribution in [-0.4, -0.2) is 38.7 Å². The fourth-order valence-corrected chi connectivity index (χ4v) is 3.31. The van der Waals surface area contributed by atoms with Crippen molar-refractivity contribution in [2.24, 2.45) is 0 Å². The van der Waals surface area contributed by atoms with Gasteiger partial charge in [0.1, 0.15) is 0 Å². The van der Waals surface area contributed by atoms with Gasteiger partial charge in [0.2, 0.25) is 10.0 Å². The van der Waals surface area contributed by atoms with Gasteiger partial charge in [-0.2, -0.15) is 0 Å². The number of nitrogens with zero attached hydrogens (tertiary/aromatic N) is 1. The highest BCUT2D eigenvalue weighted by Gasteiger charge is 2.18. The zero-order valence-electron chi connectivity index (χ0n) is 10.3. The quantitative estimate of drug-likeness (QED) is 0.836. The lowest BCUT2D eigenvalue weighted by atomic mass is 10.1. The fraction of sp³-hybridized carbons (Fsp3) is 0.500. The van der Waals surface area contributed by atoms with E-state index in [-0.39, 0.29) is 5.75 Å². The van der Waals surface area contributed by atoms with Gasteiger partial charge in [-0.15, -0.1) is 9.24 Å². The van der Waals surface area contributed by atoms with E-state index in [1.165, 1.54) is 11.1 Å². The topological polar surface area (TPSA) is 49.4 Å². The first-order valence-corrected chi connectivity index (χ1v) is 8.53. The average molecular weight is 286 g/mol. The summed E-state index contributed by atoms with van der Waals surface area (Å²) in [5, 5.41) is 0. The molecule has 1 heterocycles. The van der Waals surface area contributed by atoms with E-state index in [9.17, 15) is 8.42 Å². The first-order valence-electron chi connectivity index (χ1n) is 6.07. The molecule has 0 amide bonds. The molecule has 4 nitrogen and oxygen atoms in total. The van der Waals surface area contributed by atoms with Gasteiger partial charge < -0.3 is 0 Å². The number of nitrogens with one attached hydrogen (secondary N) is 1. The molecule has 1 N–H and O–H groups in total. The van der Waals surface area contributed by atoms with Crippen LogP contribution in [0.1, 0.15) is 11.1 Å². The van der Waals surface area contributed by atoms with E-state index >= 15 is 0 Å². The van der Waals surface area contributed by atoms with Crippen LogP contribution in [0.3, 0.4) is 0 Å². The molecule has 1 fully saturated rings. The number of benzene rings is 1. The second-order valence-electron chi connectivity index (χ2n) is 4.51. The lowest BCUT2D eigenvalue weighted by Gasteiger charge is -2.18. The van der Waals surface area contributed by atoms with Crippen LogP contribution in [0.15, 0.2) is 24.3 Å². The van der Waals surface area contributed by atoms with Gasteiger partial charge in [-0.3, -0.25) is 4.90 Å². The van der Waals surface area contributed by atoms with E-state index in [2.05, 4.69) is 43.1 Å². The van der Waals surface area contributed by atoms with Crippen LogP contribution in [-0.2, 0) is 22.7 Å². The number of sulfonamides is 1. The average Bonchev–Trinajstić information content (AvgIpc) is 2.52. The third-order valence-corrected chi connectivity index (χ3v) is 4.93. The van der Waals surface area contributed by atoms with Crippen molar-refractivity contribution >= 4 is 19.3 Å². The van der Waals surface area contributed by atoms with E-state index in [1.54, 1.807) is 0 Å². The lowest BCUT2D eigenvalue weighted by Crippen LogP contribution is -2.28. The molecule has 2 rings (SSSR count). The Morgan fingerprint density at radius 3 is 2.50 bits per heavy atom. The molecule has 1 aromatic carbocycles. The minimum atomic E-state index is -3.05. The van der Waals surface area contributed by atoms with Gasteiger partial charge in [-0.05, 0) is 17.3 Å². The van der Waals surface area contributed by atoms with Crippen molar-refractivity contribution < 1.29 is 8.42 Å². The second kappa shape index (κ2) is 6.11. The molecule has 0 radical (unpaired) electrons. The molecule has 1 aliphatic heterocycles. The van der Waals surface area contributed by atoms with E-state index in [4.69, 9.17) is 0 Å². The minimum Gasteiger partial charge on any atom is -0.297 e. The first kappa shape index (κ1) is 13.9. The number of rotatable bonds is 3. The van der Waals surface area contributed by atoms with Crippen molar-refractivity contribution in [3.8, 4) is 0 Å². The zero-order valence-corrected chi connectivity index (χ0v) is 12.3. The largest absolute Gasteiger partial charge is 0.297 e. The third kappa shape index (κ3) is 4.02. The molecule has 1 saturated heterocycles. The Hall–Kier alpha value is -0.480. The van der Waals surface area contributed by atoms with Crippen molar-refractivity contribution in [1.29, 1.82) is 0 Å². The van der Waals surface area contributed by atoms with Gasteiger partial charge in [0.25, 0.3) is 0 Å². The molecule has 18 heavy (non-hydrogen) atoms. The van der Waals surface area contributed by atoms with Crippen LogP contribution < -0.4 is 4.72 Å². The normalized spacial score (nSPS) is 20.5. The Bertz CT molecular complexity index is 487. The second-order valence-corrected chi connectivity index (χ2v) is 6.84. The SMILES string of the molecule is O=S1(=O)CCN(Cc2ccc(CP)cc2)CCN1. The molecule has 0 bridgehead atoms. The standard InChI is InChI=1S/C12H19N2O2PS/c15-18(16)8-7-14(6-5-13-18)9-11-1-3-12(10-17)4-2-11/h1-4,13H,5-10,17H2. The number of hydrogen-bond donors (Lipinski definition) is 1. The molecule has 0 aliphatic carbocycles. The summed E-state index contributed by atoms with van der Waals surface area (Å²) in [7, 11) is -0.342. The highest BCUT2D eigenvalue weighted by Crippen LogP contribution is 2.11. The summed E-state index contributed by atoms with van der Waals surface area (Å²) in [6.07, 6.45) is 0.964. The summed E-state index contributed by atoms with van der Waals surface area (Å²) < 4.78 is 25.4. The van der Waals surface area contributed by atoms with Crippen LogP contribution in [0, 0.1) is 0 Å². The van der Waals surface area contributed by atoms with Crippen molar-refractivity contribution in [2.45, 2.75) is 12.7 Å². The van der Waals surface area contributed by atoms with Gasteiger partial charge in [0, 0.05) is 26.2 Å². The van der Waals surface area contributed by atoms with E-state index in [1.807, 2.05) is 0 Å². The van der Waals surface area contributed by atoms with Crippen molar-refractivity contribution in [1.82, 2.24) is 9.62 Å². The molecule has 6 heteroatoms. The van der Waals surface area contributed by atoms with Gasteiger partial charge in [0.05, 0.1) is 5.75 Å². The highest BCUT2D eigenvalue weighted by molar-refractivity contribution is 7.89. The van der Waals surface area contributed by atoms with Crippen LogP contribution in [0.2, 0.25) is 0 Å².